The number of anilines is 1. The molecule has 0 amide bonds. The van der Waals surface area contributed by atoms with Gasteiger partial charge in [-0.3, -0.25) is 0 Å². The summed E-state index contributed by atoms with van der Waals surface area (Å²) in [7, 11) is 3.39. The molecule has 0 spiro atoms. The number of pyridine rings is 1. The predicted octanol–water partition coefficient (Wildman–Crippen LogP) is 1.04. The molecular formula is C12H18ClN3O2. The van der Waals surface area contributed by atoms with Crippen molar-refractivity contribution in [3.05, 3.63) is 22.8 Å². The van der Waals surface area contributed by atoms with E-state index >= 15 is 0 Å². The van der Waals surface area contributed by atoms with Crippen molar-refractivity contribution in [1.82, 2.24) is 4.98 Å². The molecule has 1 fully saturated rings. The summed E-state index contributed by atoms with van der Waals surface area (Å²) in [5.74, 6) is 0.862. The largest absolute Gasteiger partial charge is 0.377 e. The van der Waals surface area contributed by atoms with E-state index in [2.05, 4.69) is 9.88 Å². The zero-order valence-corrected chi connectivity index (χ0v) is 11.4. The average Bonchev–Trinajstić information content (AvgIpc) is 2.82. The van der Waals surface area contributed by atoms with Crippen molar-refractivity contribution in [3.8, 4) is 0 Å². The van der Waals surface area contributed by atoms with Crippen LogP contribution in [-0.2, 0) is 16.0 Å². The molecule has 2 unspecified atom stereocenters. The molecule has 2 N–H and O–H groups in total. The molecule has 1 saturated heterocycles. The lowest BCUT2D eigenvalue weighted by atomic mass is 10.3. The van der Waals surface area contributed by atoms with E-state index in [4.69, 9.17) is 26.8 Å². The zero-order chi connectivity index (χ0) is 13.1. The fourth-order valence-electron chi connectivity index (χ4n) is 2.18. The number of hydrogen-bond acceptors (Lipinski definition) is 5. The Morgan fingerprint density at radius 2 is 1.94 bits per heavy atom. The maximum Gasteiger partial charge on any atom is 0.129 e. The molecule has 6 heteroatoms. The molecule has 0 radical (unpaired) electrons. The van der Waals surface area contributed by atoms with Crippen LogP contribution in [0, 0.1) is 0 Å². The molecule has 5 nitrogen and oxygen atoms in total. The molecule has 100 valence electrons. The van der Waals surface area contributed by atoms with Gasteiger partial charge in [-0.15, -0.1) is 0 Å². The van der Waals surface area contributed by atoms with Gasteiger partial charge in [0.2, 0.25) is 0 Å². The number of ether oxygens (including phenoxy) is 2. The number of hydrogen-bond donors (Lipinski definition) is 1. The van der Waals surface area contributed by atoms with Crippen LogP contribution < -0.4 is 10.6 Å². The summed E-state index contributed by atoms with van der Waals surface area (Å²) in [6.07, 6.45) is 0.127. The molecule has 2 rings (SSSR count). The first kappa shape index (κ1) is 13.5. The van der Waals surface area contributed by atoms with Crippen molar-refractivity contribution < 1.29 is 9.47 Å². The van der Waals surface area contributed by atoms with E-state index in [0.717, 1.165) is 18.9 Å². The number of methoxy groups -OCH3 is 2. The Morgan fingerprint density at radius 1 is 1.33 bits per heavy atom. The summed E-state index contributed by atoms with van der Waals surface area (Å²) in [5.41, 5.74) is 6.32. The average molecular weight is 272 g/mol. The van der Waals surface area contributed by atoms with Gasteiger partial charge < -0.3 is 20.1 Å². The number of halogens is 1. The van der Waals surface area contributed by atoms with E-state index in [9.17, 15) is 0 Å². The monoisotopic (exact) mass is 271 g/mol. The fraction of sp³-hybridized carbons (Fsp3) is 0.583. The summed E-state index contributed by atoms with van der Waals surface area (Å²) in [6.45, 7) is 1.85. The SMILES string of the molecule is COC1CN(c2ccc(Cl)c(CN)n2)CC1OC. The van der Waals surface area contributed by atoms with E-state index in [0.29, 0.717) is 17.3 Å². The van der Waals surface area contributed by atoms with Crippen LogP contribution in [0.2, 0.25) is 5.02 Å². The fourth-order valence-corrected chi connectivity index (χ4v) is 2.36. The van der Waals surface area contributed by atoms with Crippen LogP contribution in [0.4, 0.5) is 5.82 Å². The first-order valence-corrected chi connectivity index (χ1v) is 6.23. The Bertz CT molecular complexity index is 404. The standard InChI is InChI=1S/C12H18ClN3O2/c1-17-10-6-16(7-11(10)18-2)12-4-3-8(13)9(5-14)15-12/h3-4,10-11H,5-7,14H2,1-2H3. The second kappa shape index (κ2) is 5.84. The summed E-state index contributed by atoms with van der Waals surface area (Å²) in [6, 6.07) is 3.72. The number of rotatable bonds is 4. The van der Waals surface area contributed by atoms with Gasteiger partial charge in [0.05, 0.1) is 10.7 Å². The van der Waals surface area contributed by atoms with E-state index in [1.54, 1.807) is 14.2 Å². The van der Waals surface area contributed by atoms with Gasteiger partial charge in [-0.1, -0.05) is 11.6 Å². The number of aromatic nitrogens is 1. The maximum absolute atomic E-state index is 6.00. The molecule has 0 saturated carbocycles. The first-order valence-electron chi connectivity index (χ1n) is 5.85. The second-order valence-corrected chi connectivity index (χ2v) is 4.66. The molecule has 1 aromatic rings. The highest BCUT2D eigenvalue weighted by Crippen LogP contribution is 2.24. The van der Waals surface area contributed by atoms with Crippen LogP contribution in [0.25, 0.3) is 0 Å². The van der Waals surface area contributed by atoms with E-state index in [-0.39, 0.29) is 12.2 Å². The van der Waals surface area contributed by atoms with Crippen LogP contribution in [-0.4, -0.2) is 44.5 Å². The van der Waals surface area contributed by atoms with Gasteiger partial charge in [0.15, 0.2) is 0 Å². The minimum atomic E-state index is 0.0637. The van der Waals surface area contributed by atoms with Gasteiger partial charge in [0.25, 0.3) is 0 Å². The quantitative estimate of drug-likeness (QED) is 0.887. The van der Waals surface area contributed by atoms with Gasteiger partial charge in [-0.2, -0.15) is 0 Å². The van der Waals surface area contributed by atoms with Crippen LogP contribution in [0.15, 0.2) is 12.1 Å². The second-order valence-electron chi connectivity index (χ2n) is 4.26. The van der Waals surface area contributed by atoms with E-state index in [1.165, 1.54) is 0 Å². The lowest BCUT2D eigenvalue weighted by Gasteiger charge is -2.17. The van der Waals surface area contributed by atoms with Crippen LogP contribution in [0.5, 0.6) is 0 Å². The summed E-state index contributed by atoms with van der Waals surface area (Å²) in [5, 5.41) is 0.604. The highest BCUT2D eigenvalue weighted by atomic mass is 35.5. The maximum atomic E-state index is 6.00. The highest BCUT2D eigenvalue weighted by Gasteiger charge is 2.33. The minimum absolute atomic E-state index is 0.0637. The number of nitrogens with two attached hydrogens (primary N) is 1. The van der Waals surface area contributed by atoms with E-state index < -0.39 is 0 Å². The molecule has 0 aromatic carbocycles. The van der Waals surface area contributed by atoms with Gasteiger partial charge in [0, 0.05) is 33.9 Å². The molecule has 1 aliphatic rings. The molecule has 2 atom stereocenters. The van der Waals surface area contributed by atoms with Crippen LogP contribution in [0.3, 0.4) is 0 Å². The molecule has 18 heavy (non-hydrogen) atoms. The predicted molar refractivity (Wildman–Crippen MR) is 70.9 cm³/mol. The van der Waals surface area contributed by atoms with Gasteiger partial charge >= 0.3 is 0 Å². The molecule has 0 aliphatic carbocycles. The van der Waals surface area contributed by atoms with Crippen molar-refractivity contribution in [2.45, 2.75) is 18.8 Å². The molecule has 1 aromatic heterocycles. The van der Waals surface area contributed by atoms with Gasteiger partial charge in [0.1, 0.15) is 18.0 Å². The normalized spacial score (nSPS) is 23.7. The Morgan fingerprint density at radius 3 is 2.44 bits per heavy atom. The Hall–Kier alpha value is -0.880. The van der Waals surface area contributed by atoms with Crippen molar-refractivity contribution in [2.75, 3.05) is 32.2 Å². The third-order valence-corrected chi connectivity index (χ3v) is 3.59. The minimum Gasteiger partial charge on any atom is -0.377 e. The van der Waals surface area contributed by atoms with Crippen molar-refractivity contribution in [3.63, 3.8) is 0 Å². The molecule has 0 bridgehead atoms. The smallest absolute Gasteiger partial charge is 0.129 e. The third kappa shape index (κ3) is 2.59. The molecule has 2 heterocycles. The number of nitrogens with zero attached hydrogens (tertiary/aromatic N) is 2. The Balaban J connectivity index is 2.18. The summed E-state index contributed by atoms with van der Waals surface area (Å²) >= 11 is 6.00. The van der Waals surface area contributed by atoms with Crippen LogP contribution in [0.1, 0.15) is 5.69 Å². The summed E-state index contributed by atoms with van der Waals surface area (Å²) < 4.78 is 10.8. The lowest BCUT2D eigenvalue weighted by molar-refractivity contribution is -0.00461. The molecule has 1 aliphatic heterocycles. The first-order chi connectivity index (χ1) is 8.69. The van der Waals surface area contributed by atoms with Crippen LogP contribution >= 0.6 is 11.6 Å². The van der Waals surface area contributed by atoms with Gasteiger partial charge in [-0.05, 0) is 12.1 Å². The van der Waals surface area contributed by atoms with Gasteiger partial charge in [-0.25, -0.2) is 4.98 Å². The lowest BCUT2D eigenvalue weighted by Crippen LogP contribution is -2.27. The topological polar surface area (TPSA) is 60.6 Å². The van der Waals surface area contributed by atoms with E-state index in [1.807, 2.05) is 12.1 Å². The Kier molecular flexibility index (Phi) is 4.40. The molecular weight excluding hydrogens is 254 g/mol. The Labute approximate surface area is 112 Å². The van der Waals surface area contributed by atoms with Crippen molar-refractivity contribution in [1.29, 1.82) is 0 Å². The summed E-state index contributed by atoms with van der Waals surface area (Å²) in [4.78, 5) is 6.59. The van der Waals surface area contributed by atoms with Crippen molar-refractivity contribution >= 4 is 17.4 Å². The highest BCUT2D eigenvalue weighted by molar-refractivity contribution is 6.31. The zero-order valence-electron chi connectivity index (χ0n) is 10.6. The van der Waals surface area contributed by atoms with Crippen molar-refractivity contribution in [2.24, 2.45) is 5.73 Å². The third-order valence-electron chi connectivity index (χ3n) is 3.24.